The molecule has 1 amide bonds. The van der Waals surface area contributed by atoms with Crippen LogP contribution in [0.25, 0.3) is 0 Å². The van der Waals surface area contributed by atoms with Crippen LogP contribution in [0.4, 0.5) is 0 Å². The molecule has 1 atom stereocenters. The number of aromatic nitrogens is 4. The maximum Gasteiger partial charge on any atom is 0.305 e. The standard InChI is InChI=1S/C14H19N5O3/c1-9(11-8-16-18(3)10(11)2)17-14(22)12-4-6-15-19(12)7-5-13(20)21/h4,6,8-9H,5,7H2,1-3H3,(H,17,22)(H,20,21). The fourth-order valence-corrected chi connectivity index (χ4v) is 2.19. The van der Waals surface area contributed by atoms with Crippen molar-refractivity contribution < 1.29 is 14.7 Å². The fraction of sp³-hybridized carbons (Fsp3) is 0.429. The average molecular weight is 305 g/mol. The van der Waals surface area contributed by atoms with Crippen LogP contribution in [0.1, 0.15) is 41.1 Å². The Labute approximate surface area is 127 Å². The van der Waals surface area contributed by atoms with Gasteiger partial charge in [0.2, 0.25) is 0 Å². The zero-order chi connectivity index (χ0) is 16.3. The summed E-state index contributed by atoms with van der Waals surface area (Å²) in [4.78, 5) is 23.0. The molecule has 8 heteroatoms. The summed E-state index contributed by atoms with van der Waals surface area (Å²) >= 11 is 0. The van der Waals surface area contributed by atoms with Crippen molar-refractivity contribution in [1.29, 1.82) is 0 Å². The zero-order valence-corrected chi connectivity index (χ0v) is 12.8. The molecule has 0 spiro atoms. The number of carboxylic acids is 1. The van der Waals surface area contributed by atoms with Crippen LogP contribution in [0.15, 0.2) is 18.5 Å². The summed E-state index contributed by atoms with van der Waals surface area (Å²) in [7, 11) is 1.84. The second kappa shape index (κ2) is 6.42. The molecule has 22 heavy (non-hydrogen) atoms. The average Bonchev–Trinajstić information content (AvgIpc) is 3.04. The van der Waals surface area contributed by atoms with Crippen molar-refractivity contribution in [2.45, 2.75) is 32.9 Å². The maximum absolute atomic E-state index is 12.3. The predicted octanol–water partition coefficient (Wildman–Crippen LogP) is 0.891. The lowest BCUT2D eigenvalue weighted by Gasteiger charge is -2.14. The van der Waals surface area contributed by atoms with Gasteiger partial charge >= 0.3 is 5.97 Å². The van der Waals surface area contributed by atoms with Crippen LogP contribution < -0.4 is 5.32 Å². The summed E-state index contributed by atoms with van der Waals surface area (Å²) in [6.45, 7) is 3.97. The molecular weight excluding hydrogens is 286 g/mol. The van der Waals surface area contributed by atoms with Gasteiger partial charge in [0.05, 0.1) is 25.2 Å². The zero-order valence-electron chi connectivity index (χ0n) is 12.8. The predicted molar refractivity (Wildman–Crippen MR) is 78.3 cm³/mol. The van der Waals surface area contributed by atoms with Gasteiger partial charge in [-0.2, -0.15) is 10.2 Å². The molecular formula is C14H19N5O3. The molecule has 2 rings (SSSR count). The van der Waals surface area contributed by atoms with Crippen molar-refractivity contribution in [3.05, 3.63) is 35.4 Å². The molecule has 118 valence electrons. The lowest BCUT2D eigenvalue weighted by molar-refractivity contribution is -0.137. The summed E-state index contributed by atoms with van der Waals surface area (Å²) in [5.41, 5.74) is 2.26. The number of carbonyl (C=O) groups excluding carboxylic acids is 1. The Morgan fingerprint density at radius 1 is 1.41 bits per heavy atom. The van der Waals surface area contributed by atoms with Crippen molar-refractivity contribution in [3.63, 3.8) is 0 Å². The second-order valence-electron chi connectivity index (χ2n) is 5.09. The van der Waals surface area contributed by atoms with Crippen molar-refractivity contribution in [1.82, 2.24) is 24.9 Å². The lowest BCUT2D eigenvalue weighted by Crippen LogP contribution is -2.29. The highest BCUT2D eigenvalue weighted by molar-refractivity contribution is 5.92. The van der Waals surface area contributed by atoms with Gasteiger partial charge in [-0.15, -0.1) is 0 Å². The molecule has 0 aliphatic heterocycles. The molecule has 0 fully saturated rings. The molecule has 0 aromatic carbocycles. The highest BCUT2D eigenvalue weighted by Crippen LogP contribution is 2.16. The van der Waals surface area contributed by atoms with E-state index in [1.807, 2.05) is 20.9 Å². The van der Waals surface area contributed by atoms with E-state index in [1.165, 1.54) is 10.9 Å². The van der Waals surface area contributed by atoms with Gasteiger partial charge in [0, 0.05) is 24.5 Å². The minimum Gasteiger partial charge on any atom is -0.481 e. The third kappa shape index (κ3) is 3.33. The third-order valence-corrected chi connectivity index (χ3v) is 3.57. The van der Waals surface area contributed by atoms with Gasteiger partial charge < -0.3 is 10.4 Å². The summed E-state index contributed by atoms with van der Waals surface area (Å²) < 4.78 is 3.14. The third-order valence-electron chi connectivity index (χ3n) is 3.57. The number of aryl methyl sites for hydroxylation is 2. The Bertz CT molecular complexity index is 688. The number of nitrogens with one attached hydrogen (secondary N) is 1. The summed E-state index contributed by atoms with van der Waals surface area (Å²) in [5, 5.41) is 19.7. The van der Waals surface area contributed by atoms with E-state index in [1.54, 1.807) is 16.9 Å². The molecule has 2 aromatic heterocycles. The normalized spacial score (nSPS) is 12.1. The molecule has 1 unspecified atom stereocenters. The van der Waals surface area contributed by atoms with Gasteiger partial charge in [-0.25, -0.2) is 0 Å². The van der Waals surface area contributed by atoms with Crippen LogP contribution in [-0.2, 0) is 18.4 Å². The van der Waals surface area contributed by atoms with E-state index in [0.29, 0.717) is 5.69 Å². The largest absolute Gasteiger partial charge is 0.481 e. The van der Waals surface area contributed by atoms with Crippen molar-refractivity contribution in [3.8, 4) is 0 Å². The smallest absolute Gasteiger partial charge is 0.305 e. The second-order valence-corrected chi connectivity index (χ2v) is 5.09. The van der Waals surface area contributed by atoms with E-state index in [4.69, 9.17) is 5.11 Å². The van der Waals surface area contributed by atoms with Crippen molar-refractivity contribution >= 4 is 11.9 Å². The van der Waals surface area contributed by atoms with Crippen LogP contribution in [0.3, 0.4) is 0 Å². The van der Waals surface area contributed by atoms with Gasteiger partial charge in [0.25, 0.3) is 5.91 Å². The molecule has 2 N–H and O–H groups in total. The van der Waals surface area contributed by atoms with Crippen LogP contribution in [0.5, 0.6) is 0 Å². The first-order valence-corrected chi connectivity index (χ1v) is 6.93. The topological polar surface area (TPSA) is 102 Å². The molecule has 2 heterocycles. The molecule has 0 aliphatic rings. The first kappa shape index (κ1) is 15.7. The number of hydrogen-bond acceptors (Lipinski definition) is 4. The van der Waals surface area contributed by atoms with Crippen LogP contribution in [-0.4, -0.2) is 36.5 Å². The van der Waals surface area contributed by atoms with Crippen LogP contribution in [0.2, 0.25) is 0 Å². The first-order valence-electron chi connectivity index (χ1n) is 6.93. The number of carboxylic acid groups (broad SMARTS) is 1. The molecule has 0 radical (unpaired) electrons. The highest BCUT2D eigenvalue weighted by Gasteiger charge is 2.18. The quantitative estimate of drug-likeness (QED) is 0.825. The van der Waals surface area contributed by atoms with Gasteiger partial charge in [-0.05, 0) is 19.9 Å². The molecule has 0 bridgehead atoms. The Hall–Kier alpha value is -2.64. The van der Waals surface area contributed by atoms with Gasteiger partial charge in [0.1, 0.15) is 5.69 Å². The maximum atomic E-state index is 12.3. The van der Waals surface area contributed by atoms with E-state index in [2.05, 4.69) is 15.5 Å². The Balaban J connectivity index is 2.08. The lowest BCUT2D eigenvalue weighted by atomic mass is 10.1. The number of rotatable bonds is 6. The number of nitrogens with zero attached hydrogens (tertiary/aromatic N) is 4. The molecule has 0 saturated heterocycles. The van der Waals surface area contributed by atoms with Gasteiger partial charge in [-0.1, -0.05) is 0 Å². The van der Waals surface area contributed by atoms with E-state index in [-0.39, 0.29) is 24.9 Å². The number of hydrogen-bond donors (Lipinski definition) is 2. The summed E-state index contributed by atoms with van der Waals surface area (Å²) in [5.74, 6) is -1.22. The monoisotopic (exact) mass is 305 g/mol. The van der Waals surface area contributed by atoms with Gasteiger partial charge in [0.15, 0.2) is 0 Å². The molecule has 2 aromatic rings. The minimum atomic E-state index is -0.929. The highest BCUT2D eigenvalue weighted by atomic mass is 16.4. The van der Waals surface area contributed by atoms with Crippen LogP contribution in [0, 0.1) is 6.92 Å². The summed E-state index contributed by atoms with van der Waals surface area (Å²) in [6, 6.07) is 1.36. The van der Waals surface area contributed by atoms with Crippen LogP contribution >= 0.6 is 0 Å². The number of aliphatic carboxylic acids is 1. The molecule has 0 aliphatic carbocycles. The van der Waals surface area contributed by atoms with E-state index >= 15 is 0 Å². The fourth-order valence-electron chi connectivity index (χ4n) is 2.19. The Kier molecular flexibility index (Phi) is 4.59. The number of amides is 1. The minimum absolute atomic E-state index is 0.0841. The Morgan fingerprint density at radius 3 is 2.73 bits per heavy atom. The molecule has 0 saturated carbocycles. The summed E-state index contributed by atoms with van der Waals surface area (Å²) in [6.07, 6.45) is 3.12. The first-order chi connectivity index (χ1) is 10.4. The van der Waals surface area contributed by atoms with Gasteiger partial charge in [-0.3, -0.25) is 19.0 Å². The van der Waals surface area contributed by atoms with Crippen molar-refractivity contribution in [2.24, 2.45) is 7.05 Å². The van der Waals surface area contributed by atoms with E-state index in [9.17, 15) is 9.59 Å². The van der Waals surface area contributed by atoms with E-state index < -0.39 is 5.97 Å². The van der Waals surface area contributed by atoms with E-state index in [0.717, 1.165) is 11.3 Å². The SMILES string of the molecule is Cc1c(C(C)NC(=O)c2ccnn2CCC(=O)O)cnn1C. The Morgan fingerprint density at radius 2 is 2.14 bits per heavy atom. The van der Waals surface area contributed by atoms with Crippen molar-refractivity contribution in [2.75, 3.05) is 0 Å². The molecule has 8 nitrogen and oxygen atoms in total. The number of carbonyl (C=O) groups is 2.